The van der Waals surface area contributed by atoms with Crippen LogP contribution in [-0.2, 0) is 0 Å². The molecule has 0 amide bonds. The molecule has 5 heteroatoms. The summed E-state index contributed by atoms with van der Waals surface area (Å²) in [4.78, 5) is 0. The Morgan fingerprint density at radius 3 is 1.00 bits per heavy atom. The predicted molar refractivity (Wildman–Crippen MR) is 14.8 cm³/mol. The fourth-order valence-electron chi connectivity index (χ4n) is 0. The van der Waals surface area contributed by atoms with Crippen LogP contribution in [0.25, 0.3) is 0 Å². The van der Waals surface area contributed by atoms with E-state index in [2.05, 4.69) is 0 Å². The molecule has 3 radical (unpaired) electrons. The Balaban J connectivity index is 0. The summed E-state index contributed by atoms with van der Waals surface area (Å²) < 4.78 is 29.6. The molecule has 5 heavy (non-hydrogen) atoms. The zero-order chi connectivity index (χ0) is 3.58. The summed E-state index contributed by atoms with van der Waals surface area (Å²) in [6.45, 7) is 0. The molecule has 0 fully saturated rings. The molecule has 0 aromatic carbocycles. The van der Waals surface area contributed by atoms with Gasteiger partial charge in [-0.2, -0.15) is 0 Å². The molecular formula is BF3Sb. The fraction of sp³-hybridized carbons (Fsp3) is 0. The summed E-state index contributed by atoms with van der Waals surface area (Å²) in [5.41, 5.74) is 0. The van der Waals surface area contributed by atoms with Crippen molar-refractivity contribution < 1.29 is 8.44 Å². The average molecular weight is 190 g/mol. The molecule has 0 aliphatic carbocycles. The van der Waals surface area contributed by atoms with Crippen molar-refractivity contribution in [3.05, 3.63) is 0 Å². The Morgan fingerprint density at radius 2 is 1.00 bits per heavy atom. The van der Waals surface area contributed by atoms with Crippen molar-refractivity contribution in [1.82, 2.24) is 0 Å². The van der Waals surface area contributed by atoms with Gasteiger partial charge in [-0.15, -0.1) is 0 Å². The van der Waals surface area contributed by atoms with Crippen LogP contribution < -0.4 is 0 Å². The van der Waals surface area contributed by atoms with E-state index >= 15 is 0 Å². The summed E-state index contributed by atoms with van der Waals surface area (Å²) in [5, 5.41) is 0. The third-order valence-corrected chi connectivity index (χ3v) is 0. The second-order valence-electron chi connectivity index (χ2n) is 0.192. The van der Waals surface area contributed by atoms with E-state index < -0.39 is 22.0 Å². The van der Waals surface area contributed by atoms with E-state index in [1.165, 1.54) is 0 Å². The molecule has 0 atom stereocenters. The van der Waals surface area contributed by atoms with Gasteiger partial charge in [0.2, 0.25) is 0 Å². The standard InChI is InChI=1S/B.3FH.Sb/h;3*1H;/q;;;;+3/p-3. The van der Waals surface area contributed by atoms with Gasteiger partial charge in [0.05, 0.1) is 0 Å². The Kier molecular flexibility index (Phi) is 8.58. The van der Waals surface area contributed by atoms with Crippen LogP contribution in [-0.4, -0.2) is 30.4 Å². The van der Waals surface area contributed by atoms with Gasteiger partial charge in [-0.3, -0.25) is 0 Å². The van der Waals surface area contributed by atoms with Crippen molar-refractivity contribution in [2.75, 3.05) is 0 Å². The summed E-state index contributed by atoms with van der Waals surface area (Å²) in [6.07, 6.45) is 0. The normalized spacial score (nSPS) is 7.20. The molecule has 0 nitrogen and oxygen atoms in total. The topological polar surface area (TPSA) is 0 Å². The van der Waals surface area contributed by atoms with E-state index in [-0.39, 0.29) is 8.41 Å². The maximum atomic E-state index is 9.85. The van der Waals surface area contributed by atoms with E-state index in [1.807, 2.05) is 0 Å². The zero-order valence-electron chi connectivity index (χ0n) is 2.16. The minimum atomic E-state index is -4.95. The van der Waals surface area contributed by atoms with Crippen molar-refractivity contribution in [2.24, 2.45) is 0 Å². The summed E-state index contributed by atoms with van der Waals surface area (Å²) in [5.74, 6) is 0. The second-order valence-corrected chi connectivity index (χ2v) is 1.29. The van der Waals surface area contributed by atoms with Gasteiger partial charge in [0.25, 0.3) is 0 Å². The van der Waals surface area contributed by atoms with Crippen molar-refractivity contribution in [3.8, 4) is 0 Å². The first kappa shape index (κ1) is 9.18. The van der Waals surface area contributed by atoms with Crippen molar-refractivity contribution in [2.45, 2.75) is 0 Å². The van der Waals surface area contributed by atoms with E-state index in [1.54, 1.807) is 0 Å². The number of hydrogen-bond donors (Lipinski definition) is 0. The Labute approximate surface area is 39.3 Å². The van der Waals surface area contributed by atoms with Crippen molar-refractivity contribution in [3.63, 3.8) is 0 Å². The van der Waals surface area contributed by atoms with Gasteiger partial charge < -0.3 is 0 Å². The van der Waals surface area contributed by atoms with Gasteiger partial charge in [0, 0.05) is 8.41 Å². The van der Waals surface area contributed by atoms with Gasteiger partial charge in [0.1, 0.15) is 0 Å². The summed E-state index contributed by atoms with van der Waals surface area (Å²) in [7, 11) is 0. The van der Waals surface area contributed by atoms with Crippen molar-refractivity contribution in [1.29, 1.82) is 0 Å². The molecule has 0 aromatic heterocycles. The van der Waals surface area contributed by atoms with Crippen LogP contribution in [0.3, 0.4) is 0 Å². The van der Waals surface area contributed by atoms with Crippen LogP contribution >= 0.6 is 0 Å². The Morgan fingerprint density at radius 1 is 1.00 bits per heavy atom. The fourth-order valence-corrected chi connectivity index (χ4v) is 0. The number of rotatable bonds is 0. The van der Waals surface area contributed by atoms with Crippen LogP contribution in [0.1, 0.15) is 0 Å². The number of halogens is 3. The summed E-state index contributed by atoms with van der Waals surface area (Å²) >= 11 is -4.95. The molecule has 0 spiro atoms. The molecule has 0 heterocycles. The molecule has 29 valence electrons. The molecule has 0 unspecified atom stereocenters. The molecule has 0 saturated heterocycles. The molecule has 0 bridgehead atoms. The first-order chi connectivity index (χ1) is 1.73. The molecule has 0 saturated carbocycles. The minimum absolute atomic E-state index is 0. The molecule has 0 aliphatic rings. The first-order valence-corrected chi connectivity index (χ1v) is 3.40. The van der Waals surface area contributed by atoms with Crippen LogP contribution in [0.5, 0.6) is 0 Å². The number of hydrogen-bond acceptors (Lipinski definition) is 0. The Hall–Kier alpha value is 0.673. The summed E-state index contributed by atoms with van der Waals surface area (Å²) in [6, 6.07) is 0. The molecule has 0 aromatic rings. The van der Waals surface area contributed by atoms with Crippen LogP contribution in [0, 0.1) is 0 Å². The zero-order valence-corrected chi connectivity index (χ0v) is 4.71. The van der Waals surface area contributed by atoms with Gasteiger partial charge in [-0.1, -0.05) is 0 Å². The third-order valence-electron chi connectivity index (χ3n) is 0. The monoisotopic (exact) mass is 189 g/mol. The van der Waals surface area contributed by atoms with E-state index in [4.69, 9.17) is 0 Å². The predicted octanol–water partition coefficient (Wildman–Crippen LogP) is 0.499. The maximum absolute atomic E-state index is 9.85. The third kappa shape index (κ3) is 73.7. The first-order valence-electron chi connectivity index (χ1n) is 0.507. The van der Waals surface area contributed by atoms with Gasteiger partial charge >= 0.3 is 30.4 Å². The van der Waals surface area contributed by atoms with Crippen LogP contribution in [0.2, 0.25) is 0 Å². The molecule has 0 N–H and O–H groups in total. The van der Waals surface area contributed by atoms with E-state index in [0.717, 1.165) is 0 Å². The van der Waals surface area contributed by atoms with Crippen LogP contribution in [0.4, 0.5) is 8.44 Å². The van der Waals surface area contributed by atoms with Gasteiger partial charge in [0.15, 0.2) is 0 Å². The SMILES string of the molecule is [B].[F][Sb]([F])[F]. The average Bonchev–Trinajstić information content (AvgIpc) is 0.811. The van der Waals surface area contributed by atoms with E-state index in [0.29, 0.717) is 0 Å². The second kappa shape index (κ2) is 4.67. The van der Waals surface area contributed by atoms with Gasteiger partial charge in [-0.25, -0.2) is 0 Å². The van der Waals surface area contributed by atoms with E-state index in [9.17, 15) is 8.44 Å². The Bertz CT molecular complexity index is 11.6. The molecular weight excluding hydrogens is 190 g/mol. The molecule has 0 rings (SSSR count). The van der Waals surface area contributed by atoms with Crippen LogP contribution in [0.15, 0.2) is 0 Å². The van der Waals surface area contributed by atoms with Crippen molar-refractivity contribution >= 4 is 30.4 Å². The molecule has 0 aliphatic heterocycles. The quantitative estimate of drug-likeness (QED) is 0.487. The van der Waals surface area contributed by atoms with Gasteiger partial charge in [-0.05, 0) is 0 Å².